The van der Waals surface area contributed by atoms with Crippen molar-refractivity contribution in [3.63, 3.8) is 0 Å². The van der Waals surface area contributed by atoms with Crippen LogP contribution in [-0.2, 0) is 27.7 Å². The topological polar surface area (TPSA) is 186 Å². The van der Waals surface area contributed by atoms with E-state index in [2.05, 4.69) is 15.6 Å². The van der Waals surface area contributed by atoms with Crippen LogP contribution < -0.4 is 27.7 Å². The summed E-state index contributed by atoms with van der Waals surface area (Å²) >= 11 is 0. The Morgan fingerprint density at radius 1 is 1.10 bits per heavy atom. The first-order valence-electron chi connectivity index (χ1n) is 12.5. The minimum atomic E-state index is -3.63. The highest BCUT2D eigenvalue weighted by Crippen LogP contribution is 2.27. The zero-order chi connectivity index (χ0) is 28.9. The van der Waals surface area contributed by atoms with Crippen LogP contribution in [0.4, 0.5) is 11.5 Å². The molecule has 39 heavy (non-hydrogen) atoms. The number of amides is 1. The van der Waals surface area contributed by atoms with Crippen molar-refractivity contribution in [1.29, 1.82) is 5.41 Å². The Bertz CT molecular complexity index is 1530. The van der Waals surface area contributed by atoms with Gasteiger partial charge < -0.3 is 22.1 Å². The Kier molecular flexibility index (Phi) is 9.12. The number of amidine groups is 1. The third-order valence-electron chi connectivity index (χ3n) is 5.67. The predicted molar refractivity (Wildman–Crippen MR) is 153 cm³/mol. The fraction of sp³-hybridized carbons (Fsp3) is 0.333. The van der Waals surface area contributed by atoms with Crippen LogP contribution in [-0.4, -0.2) is 41.5 Å². The van der Waals surface area contributed by atoms with Gasteiger partial charge in [0, 0.05) is 29.4 Å². The quantitative estimate of drug-likeness (QED) is 0.136. The van der Waals surface area contributed by atoms with Crippen LogP contribution in [0.1, 0.15) is 38.8 Å². The monoisotopic (exact) mass is 553 g/mol. The molecule has 1 aromatic heterocycles. The van der Waals surface area contributed by atoms with E-state index in [1.54, 1.807) is 30.3 Å². The molecule has 0 radical (unpaired) electrons. The number of nitrogen functional groups attached to an aromatic ring is 2. The number of rotatable bonds is 11. The molecule has 11 nitrogen and oxygen atoms in total. The highest BCUT2D eigenvalue weighted by atomic mass is 32.2. The second-order valence-corrected chi connectivity index (χ2v) is 12.1. The zero-order valence-corrected chi connectivity index (χ0v) is 23.3. The normalized spacial score (nSPS) is 11.5. The van der Waals surface area contributed by atoms with Gasteiger partial charge >= 0.3 is 0 Å². The molecule has 0 spiro atoms. The molecule has 0 bridgehead atoms. The van der Waals surface area contributed by atoms with Gasteiger partial charge in [0.25, 0.3) is 5.56 Å². The number of hydrogen-bond acceptors (Lipinski definition) is 8. The van der Waals surface area contributed by atoms with Crippen LogP contribution in [0.25, 0.3) is 11.3 Å². The molecule has 0 unspecified atom stereocenters. The molecule has 3 rings (SSSR count). The fourth-order valence-electron chi connectivity index (χ4n) is 3.93. The Balaban J connectivity index is 1.98. The van der Waals surface area contributed by atoms with Gasteiger partial charge in [-0.1, -0.05) is 38.1 Å². The standard InChI is InChI=1S/C27H35N7O4S/c1-16(2)15-39(37,38)22-10-20(9-21(28)11-22)23-13-32-26(33-17(3)4)27(36)34(23)14-24(35)31-12-18-5-7-19(8-6-18)25(29)30/h5-11,13,16-17H,12,14-15,28H2,1-4H3,(H3,29,30)(H,31,35)(H,32,33). The first-order valence-corrected chi connectivity index (χ1v) is 14.1. The summed E-state index contributed by atoms with van der Waals surface area (Å²) in [6.45, 7) is 7.18. The number of nitrogens with one attached hydrogen (secondary N) is 3. The first-order chi connectivity index (χ1) is 18.3. The van der Waals surface area contributed by atoms with Gasteiger partial charge in [0.05, 0.1) is 22.5 Å². The molecule has 0 fully saturated rings. The van der Waals surface area contributed by atoms with Crippen molar-refractivity contribution in [2.24, 2.45) is 11.7 Å². The predicted octanol–water partition coefficient (Wildman–Crippen LogP) is 2.34. The highest BCUT2D eigenvalue weighted by Gasteiger charge is 2.21. The Morgan fingerprint density at radius 2 is 1.77 bits per heavy atom. The number of sulfone groups is 1. The van der Waals surface area contributed by atoms with Crippen molar-refractivity contribution in [1.82, 2.24) is 14.9 Å². The summed E-state index contributed by atoms with van der Waals surface area (Å²) in [6, 6.07) is 11.2. The zero-order valence-electron chi connectivity index (χ0n) is 22.5. The lowest BCUT2D eigenvalue weighted by Gasteiger charge is -2.17. The molecule has 2 aromatic carbocycles. The maximum atomic E-state index is 13.4. The Morgan fingerprint density at radius 3 is 2.36 bits per heavy atom. The summed E-state index contributed by atoms with van der Waals surface area (Å²) in [4.78, 5) is 30.6. The van der Waals surface area contributed by atoms with Crippen molar-refractivity contribution in [3.05, 3.63) is 70.1 Å². The SMILES string of the molecule is CC(C)CS(=O)(=O)c1cc(N)cc(-c2cnc(NC(C)C)c(=O)n2CC(=O)NCc2ccc(C(=N)N)cc2)c1. The summed E-state index contributed by atoms with van der Waals surface area (Å²) in [5.74, 6) is -0.579. The second kappa shape index (κ2) is 12.1. The summed E-state index contributed by atoms with van der Waals surface area (Å²) < 4.78 is 27.1. The molecular formula is C27H35N7O4S. The van der Waals surface area contributed by atoms with E-state index in [0.29, 0.717) is 11.1 Å². The third kappa shape index (κ3) is 7.66. The number of nitrogens with zero attached hydrogens (tertiary/aromatic N) is 2. The molecular weight excluding hydrogens is 518 g/mol. The minimum Gasteiger partial charge on any atom is -0.399 e. The van der Waals surface area contributed by atoms with E-state index >= 15 is 0 Å². The number of benzene rings is 2. The van der Waals surface area contributed by atoms with Gasteiger partial charge in [-0.3, -0.25) is 19.6 Å². The fourth-order valence-corrected chi connectivity index (χ4v) is 5.63. The Labute approximate surface area is 228 Å². The van der Waals surface area contributed by atoms with Gasteiger partial charge in [-0.2, -0.15) is 0 Å². The maximum absolute atomic E-state index is 13.4. The molecule has 3 aromatic rings. The molecule has 0 aliphatic heterocycles. The van der Waals surface area contributed by atoms with Gasteiger partial charge in [0.2, 0.25) is 5.91 Å². The summed E-state index contributed by atoms with van der Waals surface area (Å²) in [5.41, 5.74) is 13.2. The van der Waals surface area contributed by atoms with E-state index in [-0.39, 0.29) is 58.7 Å². The first kappa shape index (κ1) is 29.4. The molecule has 12 heteroatoms. The van der Waals surface area contributed by atoms with Crippen molar-refractivity contribution in [2.45, 2.75) is 51.7 Å². The summed E-state index contributed by atoms with van der Waals surface area (Å²) in [6.07, 6.45) is 1.42. The molecule has 208 valence electrons. The van der Waals surface area contributed by atoms with E-state index in [0.717, 1.165) is 5.56 Å². The molecule has 1 amide bonds. The van der Waals surface area contributed by atoms with Gasteiger partial charge in [-0.05, 0) is 43.5 Å². The lowest BCUT2D eigenvalue weighted by Crippen LogP contribution is -2.35. The molecule has 0 atom stereocenters. The van der Waals surface area contributed by atoms with Crippen molar-refractivity contribution in [3.8, 4) is 11.3 Å². The minimum absolute atomic E-state index is 0.0352. The number of hydrogen-bond donors (Lipinski definition) is 5. The van der Waals surface area contributed by atoms with E-state index in [4.69, 9.17) is 16.9 Å². The van der Waals surface area contributed by atoms with Crippen LogP contribution in [0.2, 0.25) is 0 Å². The molecule has 0 aliphatic rings. The lowest BCUT2D eigenvalue weighted by atomic mass is 10.1. The number of aromatic nitrogens is 2. The van der Waals surface area contributed by atoms with E-state index in [9.17, 15) is 18.0 Å². The van der Waals surface area contributed by atoms with Crippen LogP contribution >= 0.6 is 0 Å². The average Bonchev–Trinajstić information content (AvgIpc) is 2.84. The largest absolute Gasteiger partial charge is 0.399 e. The van der Waals surface area contributed by atoms with Crippen LogP contribution in [0.3, 0.4) is 0 Å². The maximum Gasteiger partial charge on any atom is 0.294 e. The number of nitrogens with two attached hydrogens (primary N) is 2. The number of carbonyl (C=O) groups is 1. The van der Waals surface area contributed by atoms with Gasteiger partial charge in [-0.25, -0.2) is 13.4 Å². The van der Waals surface area contributed by atoms with Gasteiger partial charge in [0.1, 0.15) is 12.4 Å². The van der Waals surface area contributed by atoms with Crippen molar-refractivity contribution >= 4 is 33.1 Å². The molecule has 7 N–H and O–H groups in total. The number of anilines is 2. The summed E-state index contributed by atoms with van der Waals surface area (Å²) in [7, 11) is -3.63. The van der Waals surface area contributed by atoms with E-state index in [1.807, 2.05) is 27.7 Å². The number of carbonyl (C=O) groups excluding carboxylic acids is 1. The second-order valence-electron chi connectivity index (χ2n) is 10.0. The van der Waals surface area contributed by atoms with Crippen molar-refractivity contribution < 1.29 is 13.2 Å². The van der Waals surface area contributed by atoms with Crippen molar-refractivity contribution in [2.75, 3.05) is 16.8 Å². The average molecular weight is 554 g/mol. The lowest BCUT2D eigenvalue weighted by molar-refractivity contribution is -0.121. The van der Waals surface area contributed by atoms with Crippen LogP contribution in [0.5, 0.6) is 0 Å². The van der Waals surface area contributed by atoms with Gasteiger partial charge in [-0.15, -0.1) is 0 Å². The molecule has 0 saturated heterocycles. The summed E-state index contributed by atoms with van der Waals surface area (Å²) in [5, 5.41) is 13.3. The molecule has 0 saturated carbocycles. The van der Waals surface area contributed by atoms with E-state index in [1.165, 1.54) is 22.9 Å². The van der Waals surface area contributed by atoms with E-state index < -0.39 is 21.3 Å². The molecule has 1 heterocycles. The third-order valence-corrected chi connectivity index (χ3v) is 7.73. The van der Waals surface area contributed by atoms with Gasteiger partial charge in [0.15, 0.2) is 15.7 Å². The smallest absolute Gasteiger partial charge is 0.294 e. The van der Waals surface area contributed by atoms with Crippen LogP contribution in [0.15, 0.2) is 58.4 Å². The highest BCUT2D eigenvalue weighted by molar-refractivity contribution is 7.91. The molecule has 0 aliphatic carbocycles. The Hall–Kier alpha value is -4.19. The van der Waals surface area contributed by atoms with Crippen LogP contribution in [0, 0.1) is 11.3 Å².